The number of piperidine rings is 1. The summed E-state index contributed by atoms with van der Waals surface area (Å²) in [7, 11) is -2.19. The molecule has 0 aromatic carbocycles. The maximum atomic E-state index is 12.0. The van der Waals surface area contributed by atoms with Crippen LogP contribution >= 0.6 is 0 Å². The molecule has 0 aliphatic carbocycles. The van der Waals surface area contributed by atoms with E-state index >= 15 is 0 Å². The second-order valence-corrected chi connectivity index (χ2v) is 6.59. The van der Waals surface area contributed by atoms with Crippen molar-refractivity contribution in [3.05, 3.63) is 0 Å². The number of esters is 1. The van der Waals surface area contributed by atoms with Crippen molar-refractivity contribution in [1.82, 2.24) is 9.03 Å². The summed E-state index contributed by atoms with van der Waals surface area (Å²) in [6.45, 7) is 2.51. The van der Waals surface area contributed by atoms with Gasteiger partial charge in [0.1, 0.15) is 0 Å². The van der Waals surface area contributed by atoms with E-state index in [-0.39, 0.29) is 31.0 Å². The largest absolute Gasteiger partial charge is 0.469 e. The van der Waals surface area contributed by atoms with Crippen molar-refractivity contribution in [3.63, 3.8) is 0 Å². The van der Waals surface area contributed by atoms with E-state index < -0.39 is 10.2 Å². The average molecular weight is 294 g/mol. The first kappa shape index (κ1) is 16.4. The number of aliphatic hydroxyl groups is 1. The standard InChI is InChI=1S/C11H22N2O5S/c1-9(8-14)7-12-19(16,17)13-5-3-10(4-6-13)11(15)18-2/h9-10,12,14H,3-8H2,1-2H3. The molecule has 0 aromatic heterocycles. The molecule has 1 fully saturated rings. The Morgan fingerprint density at radius 2 is 2.05 bits per heavy atom. The number of methoxy groups -OCH3 is 1. The summed E-state index contributed by atoms with van der Waals surface area (Å²) in [6.07, 6.45) is 0.951. The molecular formula is C11H22N2O5S. The van der Waals surface area contributed by atoms with Gasteiger partial charge in [-0.15, -0.1) is 0 Å². The maximum absolute atomic E-state index is 12.0. The van der Waals surface area contributed by atoms with Crippen LogP contribution in [0.5, 0.6) is 0 Å². The zero-order valence-corrected chi connectivity index (χ0v) is 12.1. The summed E-state index contributed by atoms with van der Waals surface area (Å²) in [5, 5.41) is 8.87. The van der Waals surface area contributed by atoms with Gasteiger partial charge >= 0.3 is 5.97 Å². The van der Waals surface area contributed by atoms with Gasteiger partial charge in [-0.25, -0.2) is 4.72 Å². The van der Waals surface area contributed by atoms with Gasteiger partial charge in [-0.1, -0.05) is 6.92 Å². The normalized spacial score (nSPS) is 20.2. The van der Waals surface area contributed by atoms with Crippen LogP contribution in [-0.2, 0) is 19.7 Å². The highest BCUT2D eigenvalue weighted by Gasteiger charge is 2.31. The van der Waals surface area contributed by atoms with Gasteiger partial charge in [-0.05, 0) is 18.8 Å². The summed E-state index contributed by atoms with van der Waals surface area (Å²) >= 11 is 0. The minimum absolute atomic E-state index is 0.0626. The number of rotatable bonds is 6. The molecule has 1 unspecified atom stereocenters. The zero-order chi connectivity index (χ0) is 14.5. The van der Waals surface area contributed by atoms with Crippen molar-refractivity contribution in [2.75, 3.05) is 33.4 Å². The first-order valence-corrected chi connectivity index (χ1v) is 7.78. The molecule has 112 valence electrons. The molecule has 1 heterocycles. The minimum atomic E-state index is -3.52. The Morgan fingerprint density at radius 3 is 2.53 bits per heavy atom. The Balaban J connectivity index is 2.47. The Labute approximate surface area is 114 Å². The number of hydrogen-bond donors (Lipinski definition) is 2. The summed E-state index contributed by atoms with van der Waals surface area (Å²) in [4.78, 5) is 11.3. The van der Waals surface area contributed by atoms with E-state index in [9.17, 15) is 13.2 Å². The van der Waals surface area contributed by atoms with Gasteiger partial charge in [0.05, 0.1) is 13.0 Å². The molecule has 0 bridgehead atoms. The molecule has 1 atom stereocenters. The van der Waals surface area contributed by atoms with Crippen molar-refractivity contribution >= 4 is 16.2 Å². The van der Waals surface area contributed by atoms with Crippen LogP contribution in [0, 0.1) is 11.8 Å². The third-order valence-electron chi connectivity index (χ3n) is 3.25. The molecule has 1 aliphatic heterocycles. The van der Waals surface area contributed by atoms with E-state index in [0.717, 1.165) is 0 Å². The fraction of sp³-hybridized carbons (Fsp3) is 0.909. The summed E-state index contributed by atoms with van der Waals surface area (Å²) in [5.74, 6) is -0.617. The van der Waals surface area contributed by atoms with E-state index in [0.29, 0.717) is 25.9 Å². The average Bonchev–Trinajstić information content (AvgIpc) is 2.44. The molecule has 0 amide bonds. The Kier molecular flexibility index (Phi) is 6.18. The topological polar surface area (TPSA) is 95.9 Å². The maximum Gasteiger partial charge on any atom is 0.308 e. The third-order valence-corrected chi connectivity index (χ3v) is 4.83. The molecule has 8 heteroatoms. The molecule has 1 saturated heterocycles. The van der Waals surface area contributed by atoms with E-state index in [1.54, 1.807) is 6.92 Å². The molecule has 0 spiro atoms. The number of nitrogens with zero attached hydrogens (tertiary/aromatic N) is 1. The number of aliphatic hydroxyl groups excluding tert-OH is 1. The van der Waals surface area contributed by atoms with Crippen LogP contribution < -0.4 is 4.72 Å². The SMILES string of the molecule is COC(=O)C1CCN(S(=O)(=O)NCC(C)CO)CC1. The molecular weight excluding hydrogens is 272 g/mol. The molecule has 1 aliphatic rings. The third kappa shape index (κ3) is 4.72. The fourth-order valence-electron chi connectivity index (χ4n) is 1.90. The lowest BCUT2D eigenvalue weighted by atomic mass is 9.99. The van der Waals surface area contributed by atoms with Crippen molar-refractivity contribution in [1.29, 1.82) is 0 Å². The Hall–Kier alpha value is -0.700. The first-order chi connectivity index (χ1) is 8.90. The van der Waals surface area contributed by atoms with Gasteiger partial charge in [0, 0.05) is 26.2 Å². The van der Waals surface area contributed by atoms with Gasteiger partial charge in [-0.3, -0.25) is 4.79 Å². The second kappa shape index (κ2) is 7.18. The summed E-state index contributed by atoms with van der Waals surface area (Å²) < 4.78 is 32.4. The van der Waals surface area contributed by atoms with Crippen molar-refractivity contribution in [3.8, 4) is 0 Å². The summed E-state index contributed by atoms with van der Waals surface area (Å²) in [5.41, 5.74) is 0. The number of ether oxygens (including phenoxy) is 1. The Bertz CT molecular complexity index is 390. The molecule has 19 heavy (non-hydrogen) atoms. The van der Waals surface area contributed by atoms with Crippen molar-refractivity contribution in [2.24, 2.45) is 11.8 Å². The van der Waals surface area contributed by atoms with Gasteiger partial charge in [-0.2, -0.15) is 12.7 Å². The molecule has 1 rings (SSSR count). The van der Waals surface area contributed by atoms with Crippen molar-refractivity contribution in [2.45, 2.75) is 19.8 Å². The minimum Gasteiger partial charge on any atom is -0.469 e. The molecule has 2 N–H and O–H groups in total. The van der Waals surface area contributed by atoms with Crippen LogP contribution in [0.15, 0.2) is 0 Å². The predicted molar refractivity (Wildman–Crippen MR) is 69.5 cm³/mol. The monoisotopic (exact) mass is 294 g/mol. The lowest BCUT2D eigenvalue weighted by Gasteiger charge is -2.30. The molecule has 7 nitrogen and oxygen atoms in total. The number of hydrogen-bond acceptors (Lipinski definition) is 5. The lowest BCUT2D eigenvalue weighted by Crippen LogP contribution is -2.47. The highest BCUT2D eigenvalue weighted by molar-refractivity contribution is 7.87. The van der Waals surface area contributed by atoms with E-state index in [1.807, 2.05) is 0 Å². The van der Waals surface area contributed by atoms with Gasteiger partial charge < -0.3 is 9.84 Å². The van der Waals surface area contributed by atoms with Crippen LogP contribution in [0.4, 0.5) is 0 Å². The molecule has 0 aromatic rings. The van der Waals surface area contributed by atoms with E-state index in [1.165, 1.54) is 11.4 Å². The molecule has 0 radical (unpaired) electrons. The van der Waals surface area contributed by atoms with E-state index in [2.05, 4.69) is 9.46 Å². The fourth-order valence-corrected chi connectivity index (χ4v) is 3.27. The zero-order valence-electron chi connectivity index (χ0n) is 11.3. The van der Waals surface area contributed by atoms with E-state index in [4.69, 9.17) is 5.11 Å². The summed E-state index contributed by atoms with van der Waals surface area (Å²) in [6, 6.07) is 0. The smallest absolute Gasteiger partial charge is 0.308 e. The highest BCUT2D eigenvalue weighted by atomic mass is 32.2. The highest BCUT2D eigenvalue weighted by Crippen LogP contribution is 2.20. The first-order valence-electron chi connectivity index (χ1n) is 6.34. The number of carbonyl (C=O) groups excluding carboxylic acids is 1. The Morgan fingerprint density at radius 1 is 1.47 bits per heavy atom. The number of carbonyl (C=O) groups is 1. The molecule has 0 saturated carbocycles. The van der Waals surface area contributed by atoms with Crippen LogP contribution in [0.1, 0.15) is 19.8 Å². The number of nitrogens with one attached hydrogen (secondary N) is 1. The van der Waals surface area contributed by atoms with Gasteiger partial charge in [0.25, 0.3) is 10.2 Å². The van der Waals surface area contributed by atoms with Crippen LogP contribution in [0.2, 0.25) is 0 Å². The van der Waals surface area contributed by atoms with Crippen molar-refractivity contribution < 1.29 is 23.1 Å². The van der Waals surface area contributed by atoms with Crippen LogP contribution in [0.25, 0.3) is 0 Å². The van der Waals surface area contributed by atoms with Gasteiger partial charge in [0.2, 0.25) is 0 Å². The van der Waals surface area contributed by atoms with Crippen LogP contribution in [-0.4, -0.2) is 57.1 Å². The predicted octanol–water partition coefficient (Wildman–Crippen LogP) is -0.666. The van der Waals surface area contributed by atoms with Crippen LogP contribution in [0.3, 0.4) is 0 Å². The quantitative estimate of drug-likeness (QED) is 0.634. The lowest BCUT2D eigenvalue weighted by molar-refractivity contribution is -0.146. The second-order valence-electron chi connectivity index (χ2n) is 4.84. The van der Waals surface area contributed by atoms with Gasteiger partial charge in [0.15, 0.2) is 0 Å².